The number of rotatable bonds is 2. The number of aromatic carboxylic acids is 1. The Morgan fingerprint density at radius 2 is 2.29 bits per heavy atom. The third-order valence-corrected chi connectivity index (χ3v) is 4.27. The molecule has 0 aromatic carbocycles. The van der Waals surface area contributed by atoms with Crippen molar-refractivity contribution in [3.63, 3.8) is 0 Å². The molecular formula is C13H14N4O3S. The summed E-state index contributed by atoms with van der Waals surface area (Å²) in [6.45, 7) is 0.847. The molecule has 0 saturated carbocycles. The highest BCUT2D eigenvalue weighted by Gasteiger charge is 2.28. The van der Waals surface area contributed by atoms with Crippen LogP contribution in [0.3, 0.4) is 0 Å². The fraction of sp³-hybridized carbons (Fsp3) is 0.308. The molecule has 110 valence electrons. The number of carboxylic acids is 1. The highest BCUT2D eigenvalue weighted by atomic mass is 32.1. The summed E-state index contributed by atoms with van der Waals surface area (Å²) in [5.41, 5.74) is 1.59. The smallest absolute Gasteiger partial charge is 0.356 e. The maximum atomic E-state index is 12.2. The maximum Gasteiger partial charge on any atom is 0.356 e. The molecule has 0 unspecified atom stereocenters. The van der Waals surface area contributed by atoms with Gasteiger partial charge in [-0.05, 0) is 23.9 Å². The van der Waals surface area contributed by atoms with Crippen molar-refractivity contribution in [2.45, 2.75) is 13.0 Å². The molecule has 2 aromatic rings. The average Bonchev–Trinajstić information content (AvgIpc) is 3.07. The van der Waals surface area contributed by atoms with Crippen LogP contribution in [0.2, 0.25) is 0 Å². The van der Waals surface area contributed by atoms with Crippen LogP contribution in [-0.2, 0) is 20.0 Å². The van der Waals surface area contributed by atoms with Gasteiger partial charge in [0.2, 0.25) is 0 Å². The van der Waals surface area contributed by atoms with Crippen molar-refractivity contribution in [1.82, 2.24) is 14.7 Å². The van der Waals surface area contributed by atoms with E-state index in [1.54, 1.807) is 16.6 Å². The summed E-state index contributed by atoms with van der Waals surface area (Å²) in [5.74, 6) is -1.02. The van der Waals surface area contributed by atoms with Gasteiger partial charge in [-0.1, -0.05) is 0 Å². The Hall–Kier alpha value is -2.35. The summed E-state index contributed by atoms with van der Waals surface area (Å²) in [4.78, 5) is 25.0. The number of aromatic nitrogens is 2. The number of fused-ring (bicyclic) bond motifs is 1. The predicted molar refractivity (Wildman–Crippen MR) is 77.6 cm³/mol. The Labute approximate surface area is 124 Å². The standard InChI is InChI=1S/C13H14N4O3S/c1-16-9-7-17(13(20)14-10-3-2-6-21-10)5-4-8(9)11(15-16)12(18)19/h2-3,6H,4-5,7H2,1H3,(H,14,20)(H,18,19). The molecule has 3 rings (SSSR count). The van der Waals surface area contributed by atoms with E-state index in [1.165, 1.54) is 11.3 Å². The Kier molecular flexibility index (Phi) is 3.38. The summed E-state index contributed by atoms with van der Waals surface area (Å²) in [6, 6.07) is 3.53. The molecule has 7 nitrogen and oxygen atoms in total. The third-order valence-electron chi connectivity index (χ3n) is 3.49. The van der Waals surface area contributed by atoms with Crippen molar-refractivity contribution in [2.24, 2.45) is 7.05 Å². The average molecular weight is 306 g/mol. The fourth-order valence-electron chi connectivity index (χ4n) is 2.45. The number of anilines is 1. The van der Waals surface area contributed by atoms with Crippen LogP contribution < -0.4 is 5.32 Å². The zero-order valence-electron chi connectivity index (χ0n) is 11.4. The first-order valence-electron chi connectivity index (χ1n) is 6.43. The monoisotopic (exact) mass is 306 g/mol. The number of carboxylic acid groups (broad SMARTS) is 1. The number of nitrogens with one attached hydrogen (secondary N) is 1. The lowest BCUT2D eigenvalue weighted by atomic mass is 10.0. The number of carbonyl (C=O) groups excluding carboxylic acids is 1. The van der Waals surface area contributed by atoms with E-state index in [4.69, 9.17) is 5.11 Å². The van der Waals surface area contributed by atoms with Gasteiger partial charge in [0, 0.05) is 19.2 Å². The molecule has 2 N–H and O–H groups in total. The molecular weight excluding hydrogens is 292 g/mol. The second kappa shape index (κ2) is 5.21. The molecule has 0 saturated heterocycles. The van der Waals surface area contributed by atoms with E-state index in [0.717, 1.165) is 16.3 Å². The van der Waals surface area contributed by atoms with E-state index in [1.807, 2.05) is 17.5 Å². The first-order valence-corrected chi connectivity index (χ1v) is 7.31. The van der Waals surface area contributed by atoms with Gasteiger partial charge in [-0.25, -0.2) is 9.59 Å². The number of urea groups is 1. The van der Waals surface area contributed by atoms with Crippen LogP contribution in [0.1, 0.15) is 21.7 Å². The maximum absolute atomic E-state index is 12.2. The van der Waals surface area contributed by atoms with Gasteiger partial charge in [-0.15, -0.1) is 11.3 Å². The van der Waals surface area contributed by atoms with Crippen LogP contribution in [0.5, 0.6) is 0 Å². The minimum atomic E-state index is -1.02. The topological polar surface area (TPSA) is 87.5 Å². The quantitative estimate of drug-likeness (QED) is 0.885. The normalized spacial score (nSPS) is 13.9. The minimum absolute atomic E-state index is 0.0887. The molecule has 1 aliphatic heterocycles. The van der Waals surface area contributed by atoms with Gasteiger partial charge in [0.1, 0.15) is 0 Å². The SMILES string of the molecule is Cn1nc(C(=O)O)c2c1CN(C(=O)Nc1cccs1)CC2. The molecule has 2 amide bonds. The molecule has 8 heteroatoms. The van der Waals surface area contributed by atoms with Crippen LogP contribution in [0.4, 0.5) is 9.80 Å². The molecule has 1 aliphatic rings. The van der Waals surface area contributed by atoms with E-state index in [-0.39, 0.29) is 11.7 Å². The largest absolute Gasteiger partial charge is 0.476 e. The lowest BCUT2D eigenvalue weighted by Gasteiger charge is -2.27. The van der Waals surface area contributed by atoms with E-state index < -0.39 is 5.97 Å². The van der Waals surface area contributed by atoms with Crippen LogP contribution in [0, 0.1) is 0 Å². The van der Waals surface area contributed by atoms with Gasteiger partial charge in [-0.2, -0.15) is 5.10 Å². The van der Waals surface area contributed by atoms with E-state index in [0.29, 0.717) is 19.5 Å². The van der Waals surface area contributed by atoms with Crippen molar-refractivity contribution in [3.05, 3.63) is 34.5 Å². The number of hydrogen-bond acceptors (Lipinski definition) is 4. The Morgan fingerprint density at radius 1 is 1.48 bits per heavy atom. The van der Waals surface area contributed by atoms with Gasteiger partial charge in [0.05, 0.1) is 17.2 Å². The Morgan fingerprint density at radius 3 is 2.95 bits per heavy atom. The zero-order chi connectivity index (χ0) is 15.0. The Balaban J connectivity index is 1.78. The molecule has 0 radical (unpaired) electrons. The van der Waals surface area contributed by atoms with Crippen LogP contribution >= 0.6 is 11.3 Å². The molecule has 0 bridgehead atoms. The van der Waals surface area contributed by atoms with Crippen LogP contribution in [0.15, 0.2) is 17.5 Å². The fourth-order valence-corrected chi connectivity index (χ4v) is 3.06. The minimum Gasteiger partial charge on any atom is -0.476 e. The summed E-state index contributed by atoms with van der Waals surface area (Å²) in [5, 5.41) is 18.7. The second-order valence-corrected chi connectivity index (χ2v) is 5.73. The molecule has 0 atom stereocenters. The summed E-state index contributed by atoms with van der Waals surface area (Å²) < 4.78 is 1.55. The molecule has 3 heterocycles. The van der Waals surface area contributed by atoms with Gasteiger partial charge in [0.25, 0.3) is 0 Å². The van der Waals surface area contributed by atoms with Crippen molar-refractivity contribution in [2.75, 3.05) is 11.9 Å². The van der Waals surface area contributed by atoms with Crippen molar-refractivity contribution < 1.29 is 14.7 Å². The summed E-state index contributed by atoms with van der Waals surface area (Å²) in [7, 11) is 1.70. The van der Waals surface area contributed by atoms with Crippen LogP contribution in [0.25, 0.3) is 0 Å². The number of nitrogens with zero attached hydrogens (tertiary/aromatic N) is 3. The summed E-state index contributed by atoms with van der Waals surface area (Å²) in [6.07, 6.45) is 0.503. The highest BCUT2D eigenvalue weighted by molar-refractivity contribution is 7.14. The lowest BCUT2D eigenvalue weighted by Crippen LogP contribution is -2.39. The highest BCUT2D eigenvalue weighted by Crippen LogP contribution is 2.23. The lowest BCUT2D eigenvalue weighted by molar-refractivity contribution is 0.0688. The van der Waals surface area contributed by atoms with Crippen molar-refractivity contribution in [1.29, 1.82) is 0 Å². The first-order chi connectivity index (χ1) is 10.1. The molecule has 2 aromatic heterocycles. The second-order valence-electron chi connectivity index (χ2n) is 4.78. The molecule has 0 fully saturated rings. The van der Waals surface area contributed by atoms with Gasteiger partial charge < -0.3 is 10.0 Å². The molecule has 21 heavy (non-hydrogen) atoms. The third kappa shape index (κ3) is 2.49. The Bertz CT molecular complexity index is 693. The van der Waals surface area contributed by atoms with Crippen molar-refractivity contribution >= 4 is 28.3 Å². The molecule has 0 aliphatic carbocycles. The van der Waals surface area contributed by atoms with Gasteiger partial charge in [-0.3, -0.25) is 10.00 Å². The number of aryl methyl sites for hydroxylation is 1. The van der Waals surface area contributed by atoms with E-state index in [2.05, 4.69) is 10.4 Å². The zero-order valence-corrected chi connectivity index (χ0v) is 12.2. The number of hydrogen-bond donors (Lipinski definition) is 2. The number of carbonyl (C=O) groups is 2. The summed E-state index contributed by atoms with van der Waals surface area (Å²) >= 11 is 1.46. The van der Waals surface area contributed by atoms with Crippen LogP contribution in [-0.4, -0.2) is 38.3 Å². The van der Waals surface area contributed by atoms with E-state index in [9.17, 15) is 9.59 Å². The first kappa shape index (κ1) is 13.6. The van der Waals surface area contributed by atoms with Crippen molar-refractivity contribution in [3.8, 4) is 0 Å². The van der Waals surface area contributed by atoms with E-state index >= 15 is 0 Å². The number of amides is 2. The molecule has 0 spiro atoms. The number of thiophene rings is 1. The van der Waals surface area contributed by atoms with Gasteiger partial charge >= 0.3 is 12.0 Å². The van der Waals surface area contributed by atoms with Gasteiger partial charge in [0.15, 0.2) is 5.69 Å². The predicted octanol–water partition coefficient (Wildman–Crippen LogP) is 1.77.